The second kappa shape index (κ2) is 8.47. The molecule has 3 aromatic rings. The van der Waals surface area contributed by atoms with Crippen molar-refractivity contribution in [1.29, 1.82) is 0 Å². The highest BCUT2D eigenvalue weighted by Crippen LogP contribution is 2.38. The molecule has 31 heavy (non-hydrogen) atoms. The number of pyridine rings is 1. The number of aromatic nitrogens is 1. The summed E-state index contributed by atoms with van der Waals surface area (Å²) in [7, 11) is 0. The van der Waals surface area contributed by atoms with Crippen molar-refractivity contribution < 1.29 is 14.3 Å². The van der Waals surface area contributed by atoms with Gasteiger partial charge < -0.3 is 15.4 Å². The third-order valence-corrected chi connectivity index (χ3v) is 5.18. The molecule has 1 aromatic heterocycles. The van der Waals surface area contributed by atoms with Crippen molar-refractivity contribution in [2.45, 2.75) is 20.0 Å². The van der Waals surface area contributed by atoms with E-state index in [4.69, 9.17) is 10.5 Å². The molecule has 0 bridgehead atoms. The standard InChI is InChI=1S/C24H24N4O3/c1-3-27(18-11-7-8-16(2)14-18)21(29)15-28-23-19(12-13-20(25)26-23)31-22(24(28)30)17-9-5-4-6-10-17/h4-14,22H,3,15H2,1-2H3,(H2,25,26). The number of aryl methyl sites for hydroxylation is 1. The lowest BCUT2D eigenvalue weighted by Crippen LogP contribution is -2.48. The number of fused-ring (bicyclic) bond motifs is 1. The smallest absolute Gasteiger partial charge is 0.274 e. The molecule has 0 fully saturated rings. The molecule has 0 spiro atoms. The van der Waals surface area contributed by atoms with Gasteiger partial charge in [-0.1, -0.05) is 42.5 Å². The monoisotopic (exact) mass is 416 g/mol. The number of nitrogens with zero attached hydrogens (tertiary/aromatic N) is 3. The van der Waals surface area contributed by atoms with Gasteiger partial charge in [-0.25, -0.2) is 4.98 Å². The van der Waals surface area contributed by atoms with Crippen LogP contribution in [0.5, 0.6) is 5.75 Å². The summed E-state index contributed by atoms with van der Waals surface area (Å²) in [5.74, 6) is 0.340. The molecule has 2 amide bonds. The number of ether oxygens (including phenoxy) is 1. The Kier molecular flexibility index (Phi) is 5.58. The molecule has 4 rings (SSSR count). The molecule has 0 saturated heterocycles. The van der Waals surface area contributed by atoms with Crippen LogP contribution in [-0.4, -0.2) is 29.9 Å². The van der Waals surface area contributed by atoms with Crippen LogP contribution in [-0.2, 0) is 9.59 Å². The van der Waals surface area contributed by atoms with Crippen molar-refractivity contribution in [3.63, 3.8) is 0 Å². The summed E-state index contributed by atoms with van der Waals surface area (Å²) in [6, 6.07) is 20.2. The van der Waals surface area contributed by atoms with Gasteiger partial charge in [0.15, 0.2) is 11.6 Å². The van der Waals surface area contributed by atoms with E-state index in [2.05, 4.69) is 4.98 Å². The number of carbonyl (C=O) groups is 2. The summed E-state index contributed by atoms with van der Waals surface area (Å²) < 4.78 is 5.95. The summed E-state index contributed by atoms with van der Waals surface area (Å²) in [6.07, 6.45) is -0.860. The minimum atomic E-state index is -0.860. The lowest BCUT2D eigenvalue weighted by molar-refractivity contribution is -0.128. The Balaban J connectivity index is 1.69. The van der Waals surface area contributed by atoms with Crippen LogP contribution in [0.3, 0.4) is 0 Å². The van der Waals surface area contributed by atoms with Crippen LogP contribution in [0, 0.1) is 6.92 Å². The van der Waals surface area contributed by atoms with Gasteiger partial charge in [-0.3, -0.25) is 14.5 Å². The SMILES string of the molecule is CCN(C(=O)CN1C(=O)C(c2ccccc2)Oc2ccc(N)nc21)c1cccc(C)c1. The van der Waals surface area contributed by atoms with Crippen LogP contribution >= 0.6 is 0 Å². The molecule has 0 radical (unpaired) electrons. The lowest BCUT2D eigenvalue weighted by Gasteiger charge is -2.34. The number of amides is 2. The molecule has 7 heteroatoms. The van der Waals surface area contributed by atoms with Gasteiger partial charge in [-0.2, -0.15) is 0 Å². The van der Waals surface area contributed by atoms with Gasteiger partial charge >= 0.3 is 0 Å². The van der Waals surface area contributed by atoms with Gasteiger partial charge in [0.25, 0.3) is 5.91 Å². The quantitative estimate of drug-likeness (QED) is 0.688. The highest BCUT2D eigenvalue weighted by molar-refractivity contribution is 6.06. The van der Waals surface area contributed by atoms with E-state index in [1.807, 2.05) is 68.4 Å². The molecule has 2 heterocycles. The number of hydrogen-bond donors (Lipinski definition) is 1. The Bertz CT molecular complexity index is 1120. The molecular formula is C24H24N4O3. The molecule has 1 atom stereocenters. The van der Waals surface area contributed by atoms with Gasteiger partial charge in [0, 0.05) is 17.8 Å². The number of nitrogens with two attached hydrogens (primary N) is 1. The van der Waals surface area contributed by atoms with Crippen LogP contribution in [0.25, 0.3) is 0 Å². The zero-order valence-electron chi connectivity index (χ0n) is 17.5. The fourth-order valence-electron chi connectivity index (χ4n) is 3.67. The van der Waals surface area contributed by atoms with E-state index in [1.165, 1.54) is 4.90 Å². The number of carbonyl (C=O) groups excluding carboxylic acids is 2. The van der Waals surface area contributed by atoms with Gasteiger partial charge in [0.05, 0.1) is 0 Å². The third kappa shape index (κ3) is 4.07. The van der Waals surface area contributed by atoms with Crippen molar-refractivity contribution in [1.82, 2.24) is 4.98 Å². The average molecular weight is 416 g/mol. The molecule has 2 N–H and O–H groups in total. The lowest BCUT2D eigenvalue weighted by atomic mass is 10.1. The van der Waals surface area contributed by atoms with Gasteiger partial charge in [0.1, 0.15) is 12.4 Å². The first-order valence-electron chi connectivity index (χ1n) is 10.1. The van der Waals surface area contributed by atoms with Crippen LogP contribution < -0.4 is 20.3 Å². The van der Waals surface area contributed by atoms with E-state index < -0.39 is 6.10 Å². The van der Waals surface area contributed by atoms with E-state index in [1.54, 1.807) is 17.0 Å². The topological polar surface area (TPSA) is 88.8 Å². The predicted molar refractivity (Wildman–Crippen MR) is 120 cm³/mol. The molecule has 1 aliphatic rings. The zero-order valence-corrected chi connectivity index (χ0v) is 17.5. The van der Waals surface area contributed by atoms with Crippen molar-refractivity contribution in [3.05, 3.63) is 77.9 Å². The number of likely N-dealkylation sites (N-methyl/N-ethyl adjacent to an activating group) is 1. The second-order valence-corrected chi connectivity index (χ2v) is 7.37. The Hall–Kier alpha value is -3.87. The molecule has 158 valence electrons. The zero-order chi connectivity index (χ0) is 22.0. The molecule has 0 aliphatic carbocycles. The number of anilines is 3. The number of hydrogen-bond acceptors (Lipinski definition) is 5. The van der Waals surface area contributed by atoms with Crippen molar-refractivity contribution in [2.24, 2.45) is 0 Å². The molecule has 7 nitrogen and oxygen atoms in total. The normalized spacial score (nSPS) is 15.2. The van der Waals surface area contributed by atoms with E-state index in [-0.39, 0.29) is 30.0 Å². The van der Waals surface area contributed by atoms with Crippen molar-refractivity contribution in [2.75, 3.05) is 28.6 Å². The maximum atomic E-state index is 13.4. The minimum absolute atomic E-state index is 0.170. The molecule has 1 aliphatic heterocycles. The van der Waals surface area contributed by atoms with E-state index in [0.29, 0.717) is 17.9 Å². The first-order chi connectivity index (χ1) is 15.0. The maximum absolute atomic E-state index is 13.4. The molecule has 1 unspecified atom stereocenters. The summed E-state index contributed by atoms with van der Waals surface area (Å²) in [4.78, 5) is 34.0. The van der Waals surface area contributed by atoms with Crippen molar-refractivity contribution in [3.8, 4) is 5.75 Å². The van der Waals surface area contributed by atoms with Crippen LogP contribution in [0.1, 0.15) is 24.2 Å². The largest absolute Gasteiger partial charge is 0.472 e. The Labute approximate surface area is 181 Å². The summed E-state index contributed by atoms with van der Waals surface area (Å²) in [5.41, 5.74) is 8.40. The second-order valence-electron chi connectivity index (χ2n) is 7.37. The summed E-state index contributed by atoms with van der Waals surface area (Å²) in [6.45, 7) is 4.18. The Morgan fingerprint density at radius 2 is 1.90 bits per heavy atom. The van der Waals surface area contributed by atoms with Crippen molar-refractivity contribution >= 4 is 29.1 Å². The predicted octanol–water partition coefficient (Wildman–Crippen LogP) is 3.49. The first-order valence-corrected chi connectivity index (χ1v) is 10.1. The van der Waals surface area contributed by atoms with Gasteiger partial charge in [-0.15, -0.1) is 0 Å². The van der Waals surface area contributed by atoms with E-state index in [9.17, 15) is 9.59 Å². The van der Waals surface area contributed by atoms with Gasteiger partial charge in [-0.05, 0) is 43.7 Å². The summed E-state index contributed by atoms with van der Waals surface area (Å²) in [5, 5.41) is 0. The highest BCUT2D eigenvalue weighted by atomic mass is 16.5. The minimum Gasteiger partial charge on any atom is -0.472 e. The molecule has 2 aromatic carbocycles. The highest BCUT2D eigenvalue weighted by Gasteiger charge is 2.38. The number of rotatable bonds is 5. The van der Waals surface area contributed by atoms with Crippen LogP contribution in [0.15, 0.2) is 66.7 Å². The molecule has 0 saturated carbocycles. The maximum Gasteiger partial charge on any atom is 0.274 e. The third-order valence-electron chi connectivity index (χ3n) is 5.18. The van der Waals surface area contributed by atoms with E-state index in [0.717, 1.165) is 11.3 Å². The Morgan fingerprint density at radius 3 is 2.61 bits per heavy atom. The molecular weight excluding hydrogens is 392 g/mol. The van der Waals surface area contributed by atoms with E-state index >= 15 is 0 Å². The number of nitrogen functional groups attached to an aromatic ring is 1. The first kappa shape index (κ1) is 20.4. The van der Waals surface area contributed by atoms with Crippen LogP contribution in [0.4, 0.5) is 17.3 Å². The fraction of sp³-hybridized carbons (Fsp3) is 0.208. The summed E-state index contributed by atoms with van der Waals surface area (Å²) >= 11 is 0. The average Bonchev–Trinajstić information content (AvgIpc) is 2.77. The van der Waals surface area contributed by atoms with Crippen LogP contribution in [0.2, 0.25) is 0 Å². The van der Waals surface area contributed by atoms with Gasteiger partial charge in [0.2, 0.25) is 12.0 Å². The Morgan fingerprint density at radius 1 is 1.13 bits per heavy atom. The number of benzene rings is 2. The fourth-order valence-corrected chi connectivity index (χ4v) is 3.67.